The Labute approximate surface area is 93.0 Å². The van der Waals surface area contributed by atoms with Crippen molar-refractivity contribution in [2.75, 3.05) is 0 Å². The molecule has 0 bridgehead atoms. The van der Waals surface area contributed by atoms with Gasteiger partial charge in [0.15, 0.2) is 0 Å². The van der Waals surface area contributed by atoms with Gasteiger partial charge in [-0.05, 0) is 22.7 Å². The van der Waals surface area contributed by atoms with Crippen LogP contribution in [0.15, 0.2) is 37.2 Å². The van der Waals surface area contributed by atoms with E-state index < -0.39 is 0 Å². The number of halogens is 1. The molecule has 0 aliphatic rings. The molecule has 76 valence electrons. The highest BCUT2D eigenvalue weighted by Gasteiger charge is 1.98. The molecule has 0 saturated carbocycles. The molecule has 0 unspecified atom stereocenters. The van der Waals surface area contributed by atoms with Gasteiger partial charge >= 0.3 is 0 Å². The highest BCUT2D eigenvalue weighted by atomic mass is 35.5. The third kappa shape index (κ3) is 2.44. The molecule has 1 aromatic heterocycles. The lowest BCUT2D eigenvalue weighted by atomic mass is 10.1. The summed E-state index contributed by atoms with van der Waals surface area (Å²) in [6.45, 7) is 4.38. The minimum atomic E-state index is 0.276. The summed E-state index contributed by atoms with van der Waals surface area (Å²) in [6.07, 6.45) is 3.43. The van der Waals surface area contributed by atoms with E-state index in [1.807, 2.05) is 30.3 Å². The van der Waals surface area contributed by atoms with Crippen LogP contribution in [0.3, 0.4) is 0 Å². The van der Waals surface area contributed by atoms with Crippen molar-refractivity contribution in [1.82, 2.24) is 14.8 Å². The van der Waals surface area contributed by atoms with E-state index in [-0.39, 0.29) is 5.28 Å². The SMILES string of the molecule is C=Cc1ccc(Cn2cnc(Cl)n2)cc1. The lowest BCUT2D eigenvalue weighted by molar-refractivity contribution is 0.685. The smallest absolute Gasteiger partial charge is 0.242 e. The Kier molecular flexibility index (Phi) is 2.83. The van der Waals surface area contributed by atoms with Gasteiger partial charge in [-0.1, -0.05) is 36.9 Å². The van der Waals surface area contributed by atoms with Gasteiger partial charge in [0.05, 0.1) is 6.54 Å². The normalized spacial score (nSPS) is 10.2. The summed E-state index contributed by atoms with van der Waals surface area (Å²) in [4.78, 5) is 3.85. The van der Waals surface area contributed by atoms with Crippen LogP contribution in [0.4, 0.5) is 0 Å². The van der Waals surface area contributed by atoms with E-state index in [0.717, 1.165) is 11.1 Å². The van der Waals surface area contributed by atoms with Gasteiger partial charge < -0.3 is 0 Å². The molecular formula is C11H10ClN3. The fraction of sp³-hybridized carbons (Fsp3) is 0.0909. The molecule has 0 N–H and O–H groups in total. The lowest BCUT2D eigenvalue weighted by Crippen LogP contribution is -1.99. The first-order valence-corrected chi connectivity index (χ1v) is 4.92. The largest absolute Gasteiger partial charge is 0.247 e. The van der Waals surface area contributed by atoms with Crippen LogP contribution in [0, 0.1) is 0 Å². The van der Waals surface area contributed by atoms with Crippen molar-refractivity contribution < 1.29 is 0 Å². The highest BCUT2D eigenvalue weighted by Crippen LogP contribution is 2.07. The Balaban J connectivity index is 2.14. The Morgan fingerprint density at radius 1 is 1.33 bits per heavy atom. The maximum Gasteiger partial charge on any atom is 0.242 e. The quantitative estimate of drug-likeness (QED) is 0.795. The number of hydrogen-bond donors (Lipinski definition) is 0. The van der Waals surface area contributed by atoms with Crippen molar-refractivity contribution in [3.05, 3.63) is 53.6 Å². The standard InChI is InChI=1S/C11H10ClN3/c1-2-9-3-5-10(6-4-9)7-15-8-13-11(12)14-15/h2-6,8H,1,7H2. The Bertz CT molecular complexity index is 459. The molecule has 1 heterocycles. The number of benzene rings is 1. The van der Waals surface area contributed by atoms with Crippen LogP contribution in [0.25, 0.3) is 6.08 Å². The van der Waals surface area contributed by atoms with Gasteiger partial charge in [-0.3, -0.25) is 0 Å². The molecule has 0 atom stereocenters. The predicted molar refractivity (Wildman–Crippen MR) is 60.7 cm³/mol. The van der Waals surface area contributed by atoms with Crippen LogP contribution in [0.2, 0.25) is 5.28 Å². The van der Waals surface area contributed by atoms with Gasteiger partial charge in [-0.25, -0.2) is 9.67 Å². The van der Waals surface area contributed by atoms with Gasteiger partial charge in [0.1, 0.15) is 6.33 Å². The lowest BCUT2D eigenvalue weighted by Gasteiger charge is -2.01. The summed E-state index contributed by atoms with van der Waals surface area (Å²) in [7, 11) is 0. The molecule has 4 heteroatoms. The van der Waals surface area contributed by atoms with Crippen molar-refractivity contribution in [1.29, 1.82) is 0 Å². The third-order valence-corrected chi connectivity index (χ3v) is 2.24. The zero-order chi connectivity index (χ0) is 10.7. The minimum absolute atomic E-state index is 0.276. The fourth-order valence-electron chi connectivity index (χ4n) is 1.29. The zero-order valence-electron chi connectivity index (χ0n) is 8.10. The van der Waals surface area contributed by atoms with Crippen LogP contribution in [0.1, 0.15) is 11.1 Å². The molecule has 0 radical (unpaired) electrons. The van der Waals surface area contributed by atoms with Crippen LogP contribution < -0.4 is 0 Å². The molecule has 0 amide bonds. The number of nitrogens with zero attached hydrogens (tertiary/aromatic N) is 3. The van der Waals surface area contributed by atoms with E-state index in [4.69, 9.17) is 11.6 Å². The average molecular weight is 220 g/mol. The van der Waals surface area contributed by atoms with Crippen LogP contribution in [-0.4, -0.2) is 14.8 Å². The number of aromatic nitrogens is 3. The molecule has 0 aliphatic carbocycles. The van der Waals surface area contributed by atoms with Gasteiger partial charge in [0.2, 0.25) is 5.28 Å². The summed E-state index contributed by atoms with van der Waals surface area (Å²) >= 11 is 5.62. The summed E-state index contributed by atoms with van der Waals surface area (Å²) < 4.78 is 1.70. The molecule has 0 aliphatic heterocycles. The second kappa shape index (κ2) is 4.28. The maximum absolute atomic E-state index is 5.62. The van der Waals surface area contributed by atoms with Crippen molar-refractivity contribution in [3.63, 3.8) is 0 Å². The van der Waals surface area contributed by atoms with Crippen molar-refractivity contribution in [3.8, 4) is 0 Å². The molecule has 0 fully saturated rings. The number of hydrogen-bond acceptors (Lipinski definition) is 2. The molecular weight excluding hydrogens is 210 g/mol. The summed E-state index contributed by atoms with van der Waals surface area (Å²) in [5.41, 5.74) is 2.26. The molecule has 3 nitrogen and oxygen atoms in total. The Morgan fingerprint density at radius 3 is 2.60 bits per heavy atom. The van der Waals surface area contributed by atoms with Gasteiger partial charge in [0, 0.05) is 0 Å². The van der Waals surface area contributed by atoms with Gasteiger partial charge in [-0.2, -0.15) is 0 Å². The van der Waals surface area contributed by atoms with Crippen molar-refractivity contribution in [2.24, 2.45) is 0 Å². The van der Waals surface area contributed by atoms with Crippen molar-refractivity contribution in [2.45, 2.75) is 6.54 Å². The van der Waals surface area contributed by atoms with Gasteiger partial charge in [-0.15, -0.1) is 5.10 Å². The van der Waals surface area contributed by atoms with Crippen LogP contribution >= 0.6 is 11.6 Å². The minimum Gasteiger partial charge on any atom is -0.247 e. The first-order valence-electron chi connectivity index (χ1n) is 4.54. The van der Waals surface area contributed by atoms with E-state index in [2.05, 4.69) is 16.7 Å². The molecule has 2 aromatic rings. The van der Waals surface area contributed by atoms with E-state index >= 15 is 0 Å². The first-order chi connectivity index (χ1) is 7.28. The summed E-state index contributed by atoms with van der Waals surface area (Å²) in [6, 6.07) is 8.10. The second-order valence-corrected chi connectivity index (χ2v) is 3.49. The maximum atomic E-state index is 5.62. The number of rotatable bonds is 3. The first kappa shape index (κ1) is 9.93. The predicted octanol–water partition coefficient (Wildman–Crippen LogP) is 2.62. The topological polar surface area (TPSA) is 30.7 Å². The van der Waals surface area contributed by atoms with E-state index in [9.17, 15) is 0 Å². The average Bonchev–Trinajstić information content (AvgIpc) is 2.65. The third-order valence-electron chi connectivity index (χ3n) is 2.07. The fourth-order valence-corrected chi connectivity index (χ4v) is 1.44. The van der Waals surface area contributed by atoms with E-state index in [1.54, 1.807) is 11.0 Å². The highest BCUT2D eigenvalue weighted by molar-refractivity contribution is 6.28. The Hall–Kier alpha value is -1.61. The monoisotopic (exact) mass is 219 g/mol. The molecule has 2 rings (SSSR count). The van der Waals surface area contributed by atoms with Gasteiger partial charge in [0.25, 0.3) is 0 Å². The van der Waals surface area contributed by atoms with Crippen LogP contribution in [0.5, 0.6) is 0 Å². The molecule has 1 aromatic carbocycles. The second-order valence-electron chi connectivity index (χ2n) is 3.16. The molecule has 15 heavy (non-hydrogen) atoms. The van der Waals surface area contributed by atoms with Crippen LogP contribution in [-0.2, 0) is 6.54 Å². The Morgan fingerprint density at radius 2 is 2.07 bits per heavy atom. The summed E-state index contributed by atoms with van der Waals surface area (Å²) in [5, 5.41) is 4.28. The molecule has 0 saturated heterocycles. The summed E-state index contributed by atoms with van der Waals surface area (Å²) in [5.74, 6) is 0. The van der Waals surface area contributed by atoms with E-state index in [1.165, 1.54) is 0 Å². The van der Waals surface area contributed by atoms with E-state index in [0.29, 0.717) is 6.54 Å². The molecule has 0 spiro atoms. The zero-order valence-corrected chi connectivity index (χ0v) is 8.85. The van der Waals surface area contributed by atoms with Crippen molar-refractivity contribution >= 4 is 17.7 Å².